The van der Waals surface area contributed by atoms with Crippen LogP contribution < -0.4 is 10.9 Å². The lowest BCUT2D eigenvalue weighted by Gasteiger charge is -2.16. The average Bonchev–Trinajstić information content (AvgIpc) is 2.36. The summed E-state index contributed by atoms with van der Waals surface area (Å²) in [5.41, 5.74) is 0.350. The van der Waals surface area contributed by atoms with Gasteiger partial charge in [0.25, 0.3) is 5.56 Å². The van der Waals surface area contributed by atoms with Crippen molar-refractivity contribution < 1.29 is 10.2 Å². The van der Waals surface area contributed by atoms with Gasteiger partial charge in [0, 0.05) is 12.6 Å². The van der Waals surface area contributed by atoms with Crippen LogP contribution in [0.5, 0.6) is 0 Å². The molecule has 6 nitrogen and oxygen atoms in total. The number of hydrogen-bond acceptors (Lipinski definition) is 5. The number of rotatable bonds is 7. The number of anilines is 1. The summed E-state index contributed by atoms with van der Waals surface area (Å²) in [6, 6.07) is 0.142. The molecule has 0 aliphatic carbocycles. The molecule has 0 saturated carbocycles. The van der Waals surface area contributed by atoms with Gasteiger partial charge in [0.1, 0.15) is 4.47 Å². The smallest absolute Gasteiger partial charge is 0.283 e. The predicted molar refractivity (Wildman–Crippen MR) is 72.7 cm³/mol. The van der Waals surface area contributed by atoms with Crippen molar-refractivity contribution in [3.05, 3.63) is 21.0 Å². The van der Waals surface area contributed by atoms with Crippen LogP contribution in [0.1, 0.15) is 19.8 Å². The normalized spacial score (nSPS) is 12.4. The Kier molecular flexibility index (Phi) is 6.31. The van der Waals surface area contributed by atoms with Gasteiger partial charge in [0.15, 0.2) is 0 Å². The quantitative estimate of drug-likeness (QED) is 0.684. The van der Waals surface area contributed by atoms with E-state index in [2.05, 4.69) is 26.3 Å². The van der Waals surface area contributed by atoms with Gasteiger partial charge in [-0.1, -0.05) is 0 Å². The Labute approximate surface area is 114 Å². The minimum Gasteiger partial charge on any atom is -0.396 e. The van der Waals surface area contributed by atoms with E-state index >= 15 is 0 Å². The third kappa shape index (κ3) is 4.08. The maximum Gasteiger partial charge on any atom is 0.283 e. The van der Waals surface area contributed by atoms with Crippen LogP contribution in [0.15, 0.2) is 15.5 Å². The molecule has 0 aromatic carbocycles. The Balaban J connectivity index is 2.79. The van der Waals surface area contributed by atoms with Gasteiger partial charge in [0.05, 0.1) is 25.0 Å². The number of aromatic nitrogens is 2. The van der Waals surface area contributed by atoms with E-state index < -0.39 is 0 Å². The fraction of sp³-hybridized carbons (Fsp3) is 0.636. The van der Waals surface area contributed by atoms with Gasteiger partial charge < -0.3 is 15.5 Å². The van der Waals surface area contributed by atoms with E-state index in [1.807, 2.05) is 6.92 Å². The molecule has 0 bridgehead atoms. The van der Waals surface area contributed by atoms with E-state index in [0.29, 0.717) is 16.6 Å². The molecule has 1 unspecified atom stereocenters. The molecule has 1 heterocycles. The Hall–Kier alpha value is -0.920. The summed E-state index contributed by atoms with van der Waals surface area (Å²) in [5.74, 6) is 0. The Bertz CT molecular complexity index is 436. The van der Waals surface area contributed by atoms with Gasteiger partial charge in [-0.2, -0.15) is 5.10 Å². The molecular formula is C11H18BrN3O3. The molecule has 1 rings (SSSR count). The molecule has 3 N–H and O–H groups in total. The number of nitrogens with one attached hydrogen (secondary N) is 1. The van der Waals surface area contributed by atoms with E-state index in [1.54, 1.807) is 6.20 Å². The molecule has 0 fully saturated rings. The number of aliphatic hydroxyl groups excluding tert-OH is 2. The first kappa shape index (κ1) is 15.1. The first-order valence-corrected chi connectivity index (χ1v) is 6.63. The standard InChI is InChI=1S/C11H18BrN3O3/c1-8(3-2-5-16)14-9-7-13-15(4-6-17)11(18)10(9)12/h7-8,14,16-17H,2-6H2,1H3. The van der Waals surface area contributed by atoms with Gasteiger partial charge in [-0.15, -0.1) is 0 Å². The van der Waals surface area contributed by atoms with E-state index in [1.165, 1.54) is 4.68 Å². The topological polar surface area (TPSA) is 87.4 Å². The van der Waals surface area contributed by atoms with Crippen molar-refractivity contribution in [3.63, 3.8) is 0 Å². The minimum absolute atomic E-state index is 0.126. The molecule has 7 heteroatoms. The van der Waals surface area contributed by atoms with E-state index in [0.717, 1.165) is 6.42 Å². The second-order valence-corrected chi connectivity index (χ2v) is 4.83. The van der Waals surface area contributed by atoms with Crippen LogP contribution >= 0.6 is 15.9 Å². The number of hydrogen-bond donors (Lipinski definition) is 3. The molecule has 18 heavy (non-hydrogen) atoms. The van der Waals surface area contributed by atoms with Gasteiger partial charge in [0.2, 0.25) is 0 Å². The van der Waals surface area contributed by atoms with E-state index in [9.17, 15) is 4.79 Å². The molecule has 0 amide bonds. The summed E-state index contributed by atoms with van der Waals surface area (Å²) in [6.07, 6.45) is 3.07. The third-order valence-corrected chi connectivity index (χ3v) is 3.26. The molecule has 1 aromatic rings. The van der Waals surface area contributed by atoms with Crippen molar-refractivity contribution in [2.24, 2.45) is 0 Å². The lowest BCUT2D eigenvalue weighted by atomic mass is 10.2. The lowest BCUT2D eigenvalue weighted by Crippen LogP contribution is -2.27. The second kappa shape index (κ2) is 7.50. The zero-order chi connectivity index (χ0) is 13.5. The fourth-order valence-electron chi connectivity index (χ4n) is 1.55. The lowest BCUT2D eigenvalue weighted by molar-refractivity contribution is 0.266. The largest absolute Gasteiger partial charge is 0.396 e. The summed E-state index contributed by atoms with van der Waals surface area (Å²) in [5, 5.41) is 24.7. The highest BCUT2D eigenvalue weighted by Gasteiger charge is 2.10. The van der Waals surface area contributed by atoms with Crippen LogP contribution in [-0.4, -0.2) is 39.2 Å². The maximum absolute atomic E-state index is 11.8. The van der Waals surface area contributed by atoms with Crippen molar-refractivity contribution in [2.75, 3.05) is 18.5 Å². The Morgan fingerprint density at radius 3 is 2.83 bits per heavy atom. The summed E-state index contributed by atoms with van der Waals surface area (Å²) in [4.78, 5) is 11.8. The molecule has 1 aromatic heterocycles. The van der Waals surface area contributed by atoms with Crippen molar-refractivity contribution in [1.29, 1.82) is 0 Å². The molecule has 0 spiro atoms. The van der Waals surface area contributed by atoms with Crippen LogP contribution in [0.25, 0.3) is 0 Å². The number of nitrogens with zero attached hydrogens (tertiary/aromatic N) is 2. The highest BCUT2D eigenvalue weighted by Crippen LogP contribution is 2.18. The van der Waals surface area contributed by atoms with Crippen LogP contribution in [0.2, 0.25) is 0 Å². The summed E-state index contributed by atoms with van der Waals surface area (Å²) in [6.45, 7) is 2.18. The highest BCUT2D eigenvalue weighted by atomic mass is 79.9. The van der Waals surface area contributed by atoms with Gasteiger partial charge in [-0.3, -0.25) is 4.79 Å². The van der Waals surface area contributed by atoms with Crippen molar-refractivity contribution in [1.82, 2.24) is 9.78 Å². The maximum atomic E-state index is 11.8. The molecule has 0 aliphatic heterocycles. The van der Waals surface area contributed by atoms with Gasteiger partial charge >= 0.3 is 0 Å². The molecule has 1 atom stereocenters. The molecule has 0 radical (unpaired) electrons. The van der Waals surface area contributed by atoms with Crippen LogP contribution in [0, 0.1) is 0 Å². The zero-order valence-corrected chi connectivity index (χ0v) is 11.9. The van der Waals surface area contributed by atoms with E-state index in [4.69, 9.17) is 10.2 Å². The first-order chi connectivity index (χ1) is 8.60. The number of halogens is 1. The van der Waals surface area contributed by atoms with Crippen molar-refractivity contribution >= 4 is 21.6 Å². The van der Waals surface area contributed by atoms with Gasteiger partial charge in [-0.25, -0.2) is 4.68 Å². The van der Waals surface area contributed by atoms with Gasteiger partial charge in [-0.05, 0) is 35.7 Å². The summed E-state index contributed by atoms with van der Waals surface area (Å²) in [7, 11) is 0. The predicted octanol–water partition coefficient (Wildman–Crippen LogP) is 0.571. The highest BCUT2D eigenvalue weighted by molar-refractivity contribution is 9.10. The minimum atomic E-state index is -0.275. The Morgan fingerprint density at radius 1 is 1.50 bits per heavy atom. The van der Waals surface area contributed by atoms with Crippen LogP contribution in [0.3, 0.4) is 0 Å². The molecule has 102 valence electrons. The Morgan fingerprint density at radius 2 is 2.22 bits per heavy atom. The SMILES string of the molecule is CC(CCCO)Nc1cnn(CCO)c(=O)c1Br. The van der Waals surface area contributed by atoms with Crippen LogP contribution in [0.4, 0.5) is 5.69 Å². The monoisotopic (exact) mass is 319 g/mol. The second-order valence-electron chi connectivity index (χ2n) is 4.04. The zero-order valence-electron chi connectivity index (χ0n) is 10.3. The van der Waals surface area contributed by atoms with Crippen molar-refractivity contribution in [2.45, 2.75) is 32.4 Å². The van der Waals surface area contributed by atoms with Crippen LogP contribution in [-0.2, 0) is 6.54 Å². The molecular weight excluding hydrogens is 302 g/mol. The third-order valence-electron chi connectivity index (χ3n) is 2.49. The summed E-state index contributed by atoms with van der Waals surface area (Å²) >= 11 is 3.23. The van der Waals surface area contributed by atoms with E-state index in [-0.39, 0.29) is 31.4 Å². The summed E-state index contributed by atoms with van der Waals surface area (Å²) < 4.78 is 1.61. The average molecular weight is 320 g/mol. The first-order valence-electron chi connectivity index (χ1n) is 5.84. The molecule has 0 aliphatic rings. The number of aliphatic hydroxyl groups is 2. The fourth-order valence-corrected chi connectivity index (χ4v) is 1.98. The van der Waals surface area contributed by atoms with Crippen molar-refractivity contribution in [3.8, 4) is 0 Å². The molecule has 0 saturated heterocycles.